The van der Waals surface area contributed by atoms with Crippen molar-refractivity contribution in [3.63, 3.8) is 0 Å². The molecule has 0 fully saturated rings. The van der Waals surface area contributed by atoms with Crippen molar-refractivity contribution in [2.24, 2.45) is 0 Å². The van der Waals surface area contributed by atoms with Crippen molar-refractivity contribution in [2.75, 3.05) is 39.1 Å². The van der Waals surface area contributed by atoms with E-state index >= 15 is 0 Å². The molecule has 0 bridgehead atoms. The van der Waals surface area contributed by atoms with E-state index < -0.39 is 0 Å². The van der Waals surface area contributed by atoms with Gasteiger partial charge in [0, 0.05) is 13.7 Å². The number of nitrogens with two attached hydrogens (primary N) is 1. The topological polar surface area (TPSA) is 56.5 Å². The third-order valence-electron chi connectivity index (χ3n) is 2.83. The molecule has 0 aliphatic heterocycles. The Bertz CT molecular complexity index is 356. The number of benzene rings is 1. The standard InChI is InChI=1S/C15H26N2O2/c1-3-10-19-15-6-5-13(12-14(15)16)7-9-17-8-4-11-18-2/h5-6,12,17H,3-4,7-11,16H2,1-2H3. The number of nitrogens with one attached hydrogen (secondary N) is 1. The number of nitrogen functional groups attached to an aromatic ring is 1. The lowest BCUT2D eigenvalue weighted by molar-refractivity contribution is 0.194. The summed E-state index contributed by atoms with van der Waals surface area (Å²) in [7, 11) is 1.73. The fourth-order valence-corrected chi connectivity index (χ4v) is 1.80. The van der Waals surface area contributed by atoms with Crippen LogP contribution in [0.15, 0.2) is 18.2 Å². The number of hydrogen-bond acceptors (Lipinski definition) is 4. The molecular formula is C15H26N2O2. The summed E-state index contributed by atoms with van der Waals surface area (Å²) in [6.45, 7) is 5.55. The van der Waals surface area contributed by atoms with Crippen LogP contribution in [0.1, 0.15) is 25.3 Å². The molecule has 0 aliphatic rings. The van der Waals surface area contributed by atoms with E-state index in [9.17, 15) is 0 Å². The lowest BCUT2D eigenvalue weighted by atomic mass is 10.1. The van der Waals surface area contributed by atoms with Crippen LogP contribution in [0.25, 0.3) is 0 Å². The Morgan fingerprint density at radius 2 is 2.05 bits per heavy atom. The number of anilines is 1. The van der Waals surface area contributed by atoms with Gasteiger partial charge in [-0.15, -0.1) is 0 Å². The van der Waals surface area contributed by atoms with Gasteiger partial charge in [0.25, 0.3) is 0 Å². The Hall–Kier alpha value is -1.26. The van der Waals surface area contributed by atoms with Crippen molar-refractivity contribution in [3.05, 3.63) is 23.8 Å². The third-order valence-corrected chi connectivity index (χ3v) is 2.83. The Labute approximate surface area is 116 Å². The third kappa shape index (κ3) is 6.45. The molecular weight excluding hydrogens is 240 g/mol. The first-order valence-corrected chi connectivity index (χ1v) is 6.98. The van der Waals surface area contributed by atoms with Crippen molar-refractivity contribution in [2.45, 2.75) is 26.2 Å². The van der Waals surface area contributed by atoms with Crippen LogP contribution in [0.2, 0.25) is 0 Å². The summed E-state index contributed by atoms with van der Waals surface area (Å²) in [6.07, 6.45) is 3.01. The van der Waals surface area contributed by atoms with Gasteiger partial charge in [-0.3, -0.25) is 0 Å². The summed E-state index contributed by atoms with van der Waals surface area (Å²) in [4.78, 5) is 0. The molecule has 0 aliphatic carbocycles. The van der Waals surface area contributed by atoms with Gasteiger partial charge in [-0.05, 0) is 50.0 Å². The zero-order chi connectivity index (χ0) is 13.9. The lowest BCUT2D eigenvalue weighted by Gasteiger charge is -2.10. The second-order valence-electron chi connectivity index (χ2n) is 4.57. The molecule has 0 unspecified atom stereocenters. The van der Waals surface area contributed by atoms with Crippen LogP contribution in [-0.4, -0.2) is 33.4 Å². The molecule has 0 spiro atoms. The van der Waals surface area contributed by atoms with Gasteiger partial charge in [0.15, 0.2) is 0 Å². The van der Waals surface area contributed by atoms with Gasteiger partial charge in [0.1, 0.15) is 5.75 Å². The highest BCUT2D eigenvalue weighted by Crippen LogP contribution is 2.22. The molecule has 0 heterocycles. The number of hydrogen-bond donors (Lipinski definition) is 2. The fourth-order valence-electron chi connectivity index (χ4n) is 1.80. The van der Waals surface area contributed by atoms with E-state index in [4.69, 9.17) is 15.2 Å². The van der Waals surface area contributed by atoms with Gasteiger partial charge in [0.05, 0.1) is 12.3 Å². The largest absolute Gasteiger partial charge is 0.491 e. The minimum atomic E-state index is 0.713. The molecule has 1 aromatic rings. The van der Waals surface area contributed by atoms with E-state index in [1.807, 2.05) is 12.1 Å². The van der Waals surface area contributed by atoms with Crippen LogP contribution >= 0.6 is 0 Å². The van der Waals surface area contributed by atoms with E-state index in [0.29, 0.717) is 6.61 Å². The maximum atomic E-state index is 5.97. The number of rotatable bonds is 10. The predicted octanol–water partition coefficient (Wildman–Crippen LogP) is 2.23. The zero-order valence-corrected chi connectivity index (χ0v) is 12.1. The normalized spacial score (nSPS) is 10.6. The van der Waals surface area contributed by atoms with Gasteiger partial charge < -0.3 is 20.5 Å². The Morgan fingerprint density at radius 3 is 2.74 bits per heavy atom. The first-order chi connectivity index (χ1) is 9.27. The highest BCUT2D eigenvalue weighted by Gasteiger charge is 2.01. The van der Waals surface area contributed by atoms with E-state index in [0.717, 1.165) is 50.4 Å². The average molecular weight is 266 g/mol. The monoisotopic (exact) mass is 266 g/mol. The number of methoxy groups -OCH3 is 1. The highest BCUT2D eigenvalue weighted by atomic mass is 16.5. The second kappa shape index (κ2) is 9.64. The van der Waals surface area contributed by atoms with Gasteiger partial charge in [-0.25, -0.2) is 0 Å². The van der Waals surface area contributed by atoms with Gasteiger partial charge in [-0.2, -0.15) is 0 Å². The second-order valence-corrected chi connectivity index (χ2v) is 4.57. The molecule has 1 rings (SSSR count). The molecule has 4 heteroatoms. The van der Waals surface area contributed by atoms with Crippen molar-refractivity contribution >= 4 is 5.69 Å². The Morgan fingerprint density at radius 1 is 1.21 bits per heavy atom. The molecule has 0 radical (unpaired) electrons. The van der Waals surface area contributed by atoms with E-state index in [1.54, 1.807) is 7.11 Å². The van der Waals surface area contributed by atoms with Crippen LogP contribution in [0.3, 0.4) is 0 Å². The molecule has 0 amide bonds. The van der Waals surface area contributed by atoms with Gasteiger partial charge in [0.2, 0.25) is 0 Å². The number of ether oxygens (including phenoxy) is 2. The van der Waals surface area contributed by atoms with Crippen LogP contribution in [-0.2, 0) is 11.2 Å². The van der Waals surface area contributed by atoms with Crippen molar-refractivity contribution in [1.29, 1.82) is 0 Å². The molecule has 1 aromatic carbocycles. The first-order valence-electron chi connectivity index (χ1n) is 6.98. The highest BCUT2D eigenvalue weighted by molar-refractivity contribution is 5.54. The molecule has 108 valence electrons. The molecule has 0 saturated carbocycles. The zero-order valence-electron chi connectivity index (χ0n) is 12.1. The Kier molecular flexibility index (Phi) is 8.02. The molecule has 0 aromatic heterocycles. The van der Waals surface area contributed by atoms with E-state index in [-0.39, 0.29) is 0 Å². The predicted molar refractivity (Wildman–Crippen MR) is 79.7 cm³/mol. The summed E-state index contributed by atoms with van der Waals surface area (Å²) in [6, 6.07) is 6.05. The van der Waals surface area contributed by atoms with Crippen molar-refractivity contribution in [1.82, 2.24) is 5.32 Å². The van der Waals surface area contributed by atoms with Crippen LogP contribution < -0.4 is 15.8 Å². The Balaban J connectivity index is 2.29. The smallest absolute Gasteiger partial charge is 0.142 e. The molecule has 19 heavy (non-hydrogen) atoms. The van der Waals surface area contributed by atoms with Gasteiger partial charge >= 0.3 is 0 Å². The summed E-state index contributed by atoms with van der Waals surface area (Å²) in [5, 5.41) is 3.38. The molecule has 4 nitrogen and oxygen atoms in total. The summed E-state index contributed by atoms with van der Waals surface area (Å²) < 4.78 is 10.6. The fraction of sp³-hybridized carbons (Fsp3) is 0.600. The quantitative estimate of drug-likeness (QED) is 0.503. The molecule has 3 N–H and O–H groups in total. The van der Waals surface area contributed by atoms with Gasteiger partial charge in [-0.1, -0.05) is 13.0 Å². The molecule has 0 saturated heterocycles. The summed E-state index contributed by atoms with van der Waals surface area (Å²) in [5.41, 5.74) is 7.93. The average Bonchev–Trinajstić information content (AvgIpc) is 2.42. The van der Waals surface area contributed by atoms with Crippen LogP contribution in [0.4, 0.5) is 5.69 Å². The SMILES string of the molecule is CCCOc1ccc(CCNCCCOC)cc1N. The van der Waals surface area contributed by atoms with Crippen LogP contribution in [0.5, 0.6) is 5.75 Å². The maximum absolute atomic E-state index is 5.97. The van der Waals surface area contributed by atoms with E-state index in [1.165, 1.54) is 5.56 Å². The minimum absolute atomic E-state index is 0.713. The van der Waals surface area contributed by atoms with Crippen molar-refractivity contribution < 1.29 is 9.47 Å². The molecule has 0 atom stereocenters. The lowest BCUT2D eigenvalue weighted by Crippen LogP contribution is -2.19. The summed E-state index contributed by atoms with van der Waals surface area (Å²) in [5.74, 6) is 0.790. The van der Waals surface area contributed by atoms with Crippen molar-refractivity contribution in [3.8, 4) is 5.75 Å². The van der Waals surface area contributed by atoms with E-state index in [2.05, 4.69) is 18.3 Å². The maximum Gasteiger partial charge on any atom is 0.142 e. The minimum Gasteiger partial charge on any atom is -0.491 e. The summed E-state index contributed by atoms with van der Waals surface area (Å²) >= 11 is 0. The first kappa shape index (κ1) is 15.8. The van der Waals surface area contributed by atoms with Crippen LogP contribution in [0, 0.1) is 0 Å².